The number of aromatic nitrogens is 3. The molecule has 0 saturated heterocycles. The van der Waals surface area contributed by atoms with Crippen LogP contribution in [0.25, 0.3) is 5.69 Å². The summed E-state index contributed by atoms with van der Waals surface area (Å²) in [5.74, 6) is 0.834. The zero-order chi connectivity index (χ0) is 17.2. The van der Waals surface area contributed by atoms with Crippen molar-refractivity contribution in [2.45, 2.75) is 30.2 Å². The lowest BCUT2D eigenvalue weighted by Crippen LogP contribution is -2.24. The number of carbonyl (C=O) groups excluding carboxylic acids is 1. The Balaban J connectivity index is 1.61. The first-order chi connectivity index (χ1) is 12.2. The molecule has 6 heteroatoms. The molecule has 1 aliphatic heterocycles. The van der Waals surface area contributed by atoms with E-state index >= 15 is 0 Å². The number of carbonyl (C=O) groups is 1. The van der Waals surface area contributed by atoms with Crippen LogP contribution in [0.4, 0.5) is 5.69 Å². The molecule has 1 aromatic heterocycles. The van der Waals surface area contributed by atoms with E-state index in [4.69, 9.17) is 0 Å². The summed E-state index contributed by atoms with van der Waals surface area (Å²) in [5.41, 5.74) is 3.10. The minimum absolute atomic E-state index is 0.0233. The summed E-state index contributed by atoms with van der Waals surface area (Å²) < 4.78 is 2.00. The number of amides is 1. The fourth-order valence-electron chi connectivity index (χ4n) is 3.02. The van der Waals surface area contributed by atoms with Gasteiger partial charge in [0.05, 0.1) is 5.25 Å². The van der Waals surface area contributed by atoms with Gasteiger partial charge in [0.15, 0.2) is 5.16 Å². The van der Waals surface area contributed by atoms with Crippen LogP contribution in [0.3, 0.4) is 0 Å². The third kappa shape index (κ3) is 3.17. The molecule has 25 heavy (non-hydrogen) atoms. The number of anilines is 1. The highest BCUT2D eigenvalue weighted by Gasteiger charge is 2.27. The van der Waals surface area contributed by atoms with Crippen molar-refractivity contribution < 1.29 is 4.79 Å². The average Bonchev–Trinajstić information content (AvgIpc) is 2.92. The molecule has 1 N–H and O–H groups in total. The maximum absolute atomic E-state index is 12.6. The highest BCUT2D eigenvalue weighted by Crippen LogP contribution is 2.32. The van der Waals surface area contributed by atoms with Crippen molar-refractivity contribution >= 4 is 23.4 Å². The third-order valence-electron chi connectivity index (χ3n) is 4.30. The Morgan fingerprint density at radius 2 is 1.84 bits per heavy atom. The van der Waals surface area contributed by atoms with Crippen LogP contribution in [0.2, 0.25) is 0 Å². The Bertz CT molecular complexity index is 907. The predicted octanol–water partition coefficient (Wildman–Crippen LogP) is 3.62. The lowest BCUT2D eigenvalue weighted by molar-refractivity contribution is -0.115. The molecule has 0 fully saturated rings. The maximum atomic E-state index is 12.6. The molecular formula is C19H18N4OS. The van der Waals surface area contributed by atoms with Crippen LogP contribution < -0.4 is 5.32 Å². The van der Waals surface area contributed by atoms with Crippen LogP contribution in [0, 0.1) is 6.92 Å². The first-order valence-electron chi connectivity index (χ1n) is 8.25. The number of hydrogen-bond acceptors (Lipinski definition) is 4. The van der Waals surface area contributed by atoms with Gasteiger partial charge < -0.3 is 5.32 Å². The standard InChI is InChI=1S/C19H18N4OS/c1-13-21-22-19(23(13)15-8-3-2-4-9-15)25-17-12-11-14-7-5-6-10-16(14)20-18(17)24/h2-10,17H,11-12H2,1H3,(H,20,24)/t17-/m0/s1. The van der Waals surface area contributed by atoms with Crippen molar-refractivity contribution in [3.05, 3.63) is 66.0 Å². The van der Waals surface area contributed by atoms with Crippen LogP contribution in [0.5, 0.6) is 0 Å². The van der Waals surface area contributed by atoms with Crippen molar-refractivity contribution in [1.82, 2.24) is 14.8 Å². The van der Waals surface area contributed by atoms with Gasteiger partial charge in [-0.2, -0.15) is 0 Å². The number of aryl methyl sites for hydroxylation is 2. The van der Waals surface area contributed by atoms with Crippen molar-refractivity contribution in [1.29, 1.82) is 0 Å². The summed E-state index contributed by atoms with van der Waals surface area (Å²) in [7, 11) is 0. The molecule has 1 amide bonds. The fraction of sp³-hybridized carbons (Fsp3) is 0.211. The zero-order valence-corrected chi connectivity index (χ0v) is 14.7. The Morgan fingerprint density at radius 3 is 2.68 bits per heavy atom. The van der Waals surface area contributed by atoms with E-state index in [2.05, 4.69) is 21.6 Å². The van der Waals surface area contributed by atoms with Crippen LogP contribution in [0.15, 0.2) is 59.8 Å². The van der Waals surface area contributed by atoms with E-state index in [0.29, 0.717) is 0 Å². The minimum Gasteiger partial charge on any atom is -0.325 e. The molecule has 0 spiro atoms. The van der Waals surface area contributed by atoms with E-state index in [1.807, 2.05) is 60.0 Å². The Labute approximate surface area is 150 Å². The van der Waals surface area contributed by atoms with Crippen LogP contribution in [-0.2, 0) is 11.2 Å². The highest BCUT2D eigenvalue weighted by atomic mass is 32.2. The SMILES string of the molecule is Cc1nnc(S[C@H]2CCc3ccccc3NC2=O)n1-c1ccccc1. The number of thioether (sulfide) groups is 1. The van der Waals surface area contributed by atoms with E-state index in [1.54, 1.807) is 0 Å². The van der Waals surface area contributed by atoms with Crippen LogP contribution >= 0.6 is 11.8 Å². The lowest BCUT2D eigenvalue weighted by atomic mass is 10.1. The second kappa shape index (κ2) is 6.72. The van der Waals surface area contributed by atoms with Crippen molar-refractivity contribution in [2.75, 3.05) is 5.32 Å². The molecular weight excluding hydrogens is 332 g/mol. The smallest absolute Gasteiger partial charge is 0.237 e. The maximum Gasteiger partial charge on any atom is 0.237 e. The number of rotatable bonds is 3. The number of para-hydroxylation sites is 2. The molecule has 0 saturated carbocycles. The second-order valence-corrected chi connectivity index (χ2v) is 7.16. The van der Waals surface area contributed by atoms with Crippen molar-refractivity contribution in [2.24, 2.45) is 0 Å². The predicted molar refractivity (Wildman–Crippen MR) is 99.1 cm³/mol. The van der Waals surface area contributed by atoms with Gasteiger partial charge in [-0.1, -0.05) is 48.2 Å². The number of fused-ring (bicyclic) bond motifs is 1. The highest BCUT2D eigenvalue weighted by molar-refractivity contribution is 8.00. The Kier molecular flexibility index (Phi) is 4.28. The zero-order valence-electron chi connectivity index (χ0n) is 13.8. The minimum atomic E-state index is -0.196. The van der Waals surface area contributed by atoms with Gasteiger partial charge in [0.2, 0.25) is 5.91 Å². The molecule has 4 rings (SSSR count). The fourth-order valence-corrected chi connectivity index (χ4v) is 4.11. The molecule has 0 radical (unpaired) electrons. The number of hydrogen-bond donors (Lipinski definition) is 1. The third-order valence-corrected chi connectivity index (χ3v) is 5.51. The molecule has 1 atom stereocenters. The van der Waals surface area contributed by atoms with Gasteiger partial charge in [0.25, 0.3) is 0 Å². The summed E-state index contributed by atoms with van der Waals surface area (Å²) in [6.07, 6.45) is 1.64. The molecule has 5 nitrogen and oxygen atoms in total. The van der Waals surface area contributed by atoms with Gasteiger partial charge in [-0.25, -0.2) is 0 Å². The first-order valence-corrected chi connectivity index (χ1v) is 9.13. The van der Waals surface area contributed by atoms with E-state index < -0.39 is 0 Å². The largest absolute Gasteiger partial charge is 0.325 e. The molecule has 0 unspecified atom stereocenters. The van der Waals surface area contributed by atoms with Gasteiger partial charge in [0.1, 0.15) is 5.82 Å². The number of nitrogens with zero attached hydrogens (tertiary/aromatic N) is 3. The lowest BCUT2D eigenvalue weighted by Gasteiger charge is -2.14. The van der Waals surface area contributed by atoms with E-state index in [9.17, 15) is 4.79 Å². The first kappa shape index (κ1) is 15.9. The summed E-state index contributed by atoms with van der Waals surface area (Å²) in [5, 5.41) is 12.1. The van der Waals surface area contributed by atoms with Crippen LogP contribution in [-0.4, -0.2) is 25.9 Å². The van der Waals surface area contributed by atoms with E-state index in [1.165, 1.54) is 17.3 Å². The van der Waals surface area contributed by atoms with E-state index in [-0.39, 0.29) is 11.2 Å². The van der Waals surface area contributed by atoms with Gasteiger partial charge in [-0.05, 0) is 43.5 Å². The number of nitrogens with one attached hydrogen (secondary N) is 1. The van der Waals surface area contributed by atoms with Crippen LogP contribution in [0.1, 0.15) is 17.8 Å². The molecule has 2 heterocycles. The summed E-state index contributed by atoms with van der Waals surface area (Å²) in [6, 6.07) is 18.0. The molecule has 0 aliphatic carbocycles. The second-order valence-electron chi connectivity index (χ2n) is 5.99. The van der Waals surface area contributed by atoms with Gasteiger partial charge in [-0.15, -0.1) is 10.2 Å². The van der Waals surface area contributed by atoms with Gasteiger partial charge in [-0.3, -0.25) is 9.36 Å². The molecule has 0 bridgehead atoms. The summed E-state index contributed by atoms with van der Waals surface area (Å²) in [6.45, 7) is 1.92. The van der Waals surface area contributed by atoms with Gasteiger partial charge in [0, 0.05) is 11.4 Å². The average molecular weight is 350 g/mol. The Morgan fingerprint density at radius 1 is 1.08 bits per heavy atom. The molecule has 126 valence electrons. The number of benzene rings is 2. The quantitative estimate of drug-likeness (QED) is 0.784. The van der Waals surface area contributed by atoms with E-state index in [0.717, 1.165) is 35.2 Å². The molecule has 2 aromatic carbocycles. The van der Waals surface area contributed by atoms with Gasteiger partial charge >= 0.3 is 0 Å². The molecule has 1 aliphatic rings. The topological polar surface area (TPSA) is 59.8 Å². The summed E-state index contributed by atoms with van der Waals surface area (Å²) >= 11 is 1.48. The van der Waals surface area contributed by atoms with Crippen molar-refractivity contribution in [3.63, 3.8) is 0 Å². The Hall–Kier alpha value is -2.60. The monoisotopic (exact) mass is 350 g/mol. The normalized spacial score (nSPS) is 16.8. The van der Waals surface area contributed by atoms with Crippen molar-refractivity contribution in [3.8, 4) is 5.69 Å². The summed E-state index contributed by atoms with van der Waals surface area (Å²) in [4.78, 5) is 12.6. The molecule has 3 aromatic rings.